The number of carbonyl (C=O) groups is 5. The van der Waals surface area contributed by atoms with Crippen molar-refractivity contribution in [3.8, 4) is 17.6 Å². The molecule has 6 aliphatic rings. The molecule has 6 aliphatic heterocycles. The number of amides is 5. The highest BCUT2D eigenvalue weighted by Gasteiger charge is 2.58. The molecule has 36 nitrogen and oxygen atoms in total. The number of hydrogen-bond acceptors (Lipinski definition) is 31. The van der Waals surface area contributed by atoms with Gasteiger partial charge in [0.25, 0.3) is 5.91 Å². The van der Waals surface area contributed by atoms with Gasteiger partial charge in [0.15, 0.2) is 37.7 Å². The van der Waals surface area contributed by atoms with Crippen LogP contribution in [0.1, 0.15) is 96.8 Å². The Morgan fingerprint density at radius 1 is 0.449 bits per heavy atom. The van der Waals surface area contributed by atoms with Crippen LogP contribution in [-0.4, -0.2) is 325 Å². The summed E-state index contributed by atoms with van der Waals surface area (Å²) in [6.45, 7) is 3.20. The molecule has 0 radical (unpaired) electrons. The highest BCUT2D eigenvalue weighted by molar-refractivity contribution is 5.94. The summed E-state index contributed by atoms with van der Waals surface area (Å²) in [5.74, 6) is 2.53. The highest BCUT2D eigenvalue weighted by Crippen LogP contribution is 2.37. The monoisotopic (exact) mass is 1410 g/mol. The van der Waals surface area contributed by atoms with Crippen molar-refractivity contribution >= 4 is 29.5 Å². The van der Waals surface area contributed by atoms with E-state index in [1.807, 2.05) is 0 Å². The molecule has 7 rings (SSSR count). The van der Waals surface area contributed by atoms with Crippen molar-refractivity contribution in [3.63, 3.8) is 0 Å². The van der Waals surface area contributed by atoms with Gasteiger partial charge in [0.2, 0.25) is 23.6 Å². The van der Waals surface area contributed by atoms with Crippen LogP contribution < -0.4 is 31.3 Å². The van der Waals surface area contributed by atoms with Gasteiger partial charge >= 0.3 is 0 Å². The second-order valence-electron chi connectivity index (χ2n) is 24.9. The van der Waals surface area contributed by atoms with Crippen LogP contribution in [0.5, 0.6) is 5.75 Å². The van der Waals surface area contributed by atoms with Gasteiger partial charge < -0.3 is 155 Å². The lowest BCUT2D eigenvalue weighted by atomic mass is 9.93. The molecule has 6 saturated heterocycles. The number of unbranched alkanes of at least 4 members (excludes halogenated alkanes) is 5. The minimum absolute atomic E-state index is 0.0314. The molecule has 0 spiro atoms. The van der Waals surface area contributed by atoms with E-state index in [9.17, 15) is 95.5 Å². The summed E-state index contributed by atoms with van der Waals surface area (Å²) < 4.78 is 71.9. The van der Waals surface area contributed by atoms with Crippen molar-refractivity contribution in [1.82, 2.24) is 26.6 Å². The normalized spacial score (nSPS) is 39.6. The Morgan fingerprint density at radius 2 is 0.878 bits per heavy atom. The van der Waals surface area contributed by atoms with Crippen molar-refractivity contribution in [3.05, 3.63) is 29.8 Å². The van der Waals surface area contributed by atoms with E-state index in [0.29, 0.717) is 18.6 Å². The number of benzene rings is 1. The van der Waals surface area contributed by atoms with Crippen molar-refractivity contribution in [2.24, 2.45) is 0 Å². The molecule has 5 amide bonds. The zero-order valence-electron chi connectivity index (χ0n) is 55.0. The van der Waals surface area contributed by atoms with Crippen LogP contribution in [-0.2, 0) is 71.3 Å². The van der Waals surface area contributed by atoms with Gasteiger partial charge in [-0.2, -0.15) is 0 Å². The lowest BCUT2D eigenvalue weighted by Gasteiger charge is -2.51. The molecule has 15 unspecified atom stereocenters. The molecule has 6 heterocycles. The third-order valence-corrected chi connectivity index (χ3v) is 17.4. The van der Waals surface area contributed by atoms with E-state index in [4.69, 9.17) is 56.8 Å². The van der Waals surface area contributed by atoms with Crippen LogP contribution in [0, 0.1) is 11.8 Å². The van der Waals surface area contributed by atoms with E-state index in [1.54, 1.807) is 12.1 Å². The summed E-state index contributed by atoms with van der Waals surface area (Å²) >= 11 is 0. The lowest BCUT2D eigenvalue weighted by Crippen LogP contribution is -2.72. The van der Waals surface area contributed by atoms with Gasteiger partial charge in [-0.25, -0.2) is 0 Å². The quantitative estimate of drug-likeness (QED) is 0.0262. The van der Waals surface area contributed by atoms with Crippen molar-refractivity contribution in [2.75, 3.05) is 39.6 Å². The Kier molecular flexibility index (Phi) is 30.9. The second-order valence-corrected chi connectivity index (χ2v) is 24.9. The predicted molar refractivity (Wildman–Crippen MR) is 327 cm³/mol. The molecule has 0 aromatic heterocycles. The molecule has 1 aromatic carbocycles. The van der Waals surface area contributed by atoms with E-state index >= 15 is 0 Å². The predicted octanol–water partition coefficient (Wildman–Crippen LogP) is -7.93. The number of carbonyl (C=O) groups excluding carboxylic acids is 5. The van der Waals surface area contributed by atoms with Crippen LogP contribution >= 0.6 is 0 Å². The van der Waals surface area contributed by atoms with E-state index in [0.717, 1.165) is 59.8 Å². The fourth-order valence-electron chi connectivity index (χ4n) is 12.3. The largest absolute Gasteiger partial charge is 0.494 e. The Hall–Kier alpha value is -5.07. The molecular weight excluding hydrogens is 1310 g/mol. The van der Waals surface area contributed by atoms with Crippen LogP contribution in [0.3, 0.4) is 0 Å². The first-order chi connectivity index (χ1) is 46.7. The molecule has 0 saturated carbocycles. The molecule has 1 aromatic rings. The molecule has 0 bridgehead atoms. The Morgan fingerprint density at radius 3 is 1.34 bits per heavy atom. The van der Waals surface area contributed by atoms with Gasteiger partial charge in [-0.1, -0.05) is 32.3 Å². The van der Waals surface area contributed by atoms with Gasteiger partial charge in [0.1, 0.15) is 146 Å². The number of nitrogens with one attached hydrogen (secondary N) is 5. The number of aliphatic hydroxyl groups excluding tert-OH is 14. The number of ether oxygens (including phenoxy) is 12. The summed E-state index contributed by atoms with van der Waals surface area (Å²) in [6.07, 6.45) is -38.5. The standard InChI is InChI=1S/C62H97N5O31/c1-7-8-9-10-11-12-13-14-15-19-87-32-18-16-17-31(20-32)56(85)67-39-45(78)44(77)33(21-68)91-58(39)95-52-34(22-69)92-59(40(47(52)80)64-28(4)73)96-53-35(23-70)93-60(41(48(53)81)65-29(5)74)97-54-36(24-71)94-61(42(49(54)82)66-30(6)75)98-55-37(90-57(86)38(46(55)79)63-27(3)72)25-88-62-51(84)50(83)43(76)26(2)89-62/h16-18,20,26,33-55,57-62,68-71,76-84,86H,7-11,14-15,19,21-25H2,1-6H3,(H,63,72)(H,64,73)(H,65,74)(H,66,75)(H,67,85)/t26?,33?,34-,35?,36-,37?,38-,39?,40?,41-,42?,43?,44+,45+,46+,47?,48+,49?,50-,51+,52+,53?,54+,55?,57?,58-,59?,60-,61?,62+/m0/s1. The first-order valence-electron chi connectivity index (χ1n) is 32.6. The molecular formula is C62H97N5O31. The minimum atomic E-state index is -2.08. The van der Waals surface area contributed by atoms with Crippen LogP contribution in [0.4, 0.5) is 0 Å². The maximum Gasteiger partial charge on any atom is 0.251 e. The van der Waals surface area contributed by atoms with Crippen LogP contribution in [0.15, 0.2) is 24.3 Å². The summed E-state index contributed by atoms with van der Waals surface area (Å²) in [5, 5.41) is 168. The Labute approximate surface area is 564 Å². The SMILES string of the molecule is CCCCCCC#CCCCOc1cccc(C(=O)NC2[C@H](O[C@H]3C(O)C(NC(C)=O)C(OC4C(CO)O[C@@H](O[C@H]5C(O)C(NC(C)=O)C(OC6C(CO[C@@H]7OC(C)C(O)[C@H](O)[C@H]7O)OC(O)[C@@H](NC(C)=O)[C@H]6O)O[C@H]5CO)[C@@H](NC(C)=O)[C@H]4O)O[C@H]3CO)OC(CO)[C@@H](O)[C@@H]2O)c1. The Bertz CT molecular complexity index is 2770. The average Bonchev–Trinajstić information content (AvgIpc) is 0.772. The molecule has 556 valence electrons. The van der Waals surface area contributed by atoms with Gasteiger partial charge in [0, 0.05) is 46.1 Å². The van der Waals surface area contributed by atoms with Crippen molar-refractivity contribution in [1.29, 1.82) is 0 Å². The molecule has 36 heteroatoms. The fraction of sp³-hybridized carbons (Fsp3) is 0.790. The molecule has 19 N–H and O–H groups in total. The molecule has 0 aliphatic carbocycles. The number of hydrogen-bond donors (Lipinski definition) is 19. The maximum atomic E-state index is 13.9. The van der Waals surface area contributed by atoms with E-state index in [1.165, 1.54) is 19.1 Å². The third-order valence-electron chi connectivity index (χ3n) is 17.4. The van der Waals surface area contributed by atoms with Gasteiger partial charge in [-0.05, 0) is 38.0 Å². The van der Waals surface area contributed by atoms with E-state index < -0.39 is 246 Å². The number of rotatable bonds is 29. The number of aliphatic hydroxyl groups is 14. The third kappa shape index (κ3) is 20.4. The molecule has 6 fully saturated rings. The first kappa shape index (κ1) is 80.2. The molecule has 30 atom stereocenters. The zero-order chi connectivity index (χ0) is 71.8. The van der Waals surface area contributed by atoms with Crippen LogP contribution in [0.25, 0.3) is 0 Å². The fourth-order valence-corrected chi connectivity index (χ4v) is 12.3. The summed E-state index contributed by atoms with van der Waals surface area (Å²) in [7, 11) is 0. The van der Waals surface area contributed by atoms with Crippen molar-refractivity contribution in [2.45, 2.75) is 270 Å². The van der Waals surface area contributed by atoms with Gasteiger partial charge in [0.05, 0.1) is 45.7 Å². The summed E-state index contributed by atoms with van der Waals surface area (Å²) in [4.78, 5) is 65.0. The summed E-state index contributed by atoms with van der Waals surface area (Å²) in [6, 6.07) is -2.60. The smallest absolute Gasteiger partial charge is 0.251 e. The minimum Gasteiger partial charge on any atom is -0.494 e. The van der Waals surface area contributed by atoms with Crippen molar-refractivity contribution < 1.29 is 152 Å². The zero-order valence-corrected chi connectivity index (χ0v) is 55.0. The first-order valence-corrected chi connectivity index (χ1v) is 32.6. The maximum absolute atomic E-state index is 13.9. The van der Waals surface area contributed by atoms with Gasteiger partial charge in [-0.3, -0.25) is 24.0 Å². The molecule has 98 heavy (non-hydrogen) atoms. The van der Waals surface area contributed by atoms with Crippen LogP contribution in [0.2, 0.25) is 0 Å². The second kappa shape index (κ2) is 37.7. The van der Waals surface area contributed by atoms with E-state index in [-0.39, 0.29) is 12.2 Å². The average molecular weight is 1410 g/mol. The highest BCUT2D eigenvalue weighted by atomic mass is 16.8. The van der Waals surface area contributed by atoms with E-state index in [2.05, 4.69) is 45.3 Å². The van der Waals surface area contributed by atoms with Gasteiger partial charge in [-0.15, -0.1) is 11.8 Å². The summed E-state index contributed by atoms with van der Waals surface area (Å²) in [5.41, 5.74) is 0.0314. The topological polar surface area (TPSA) is 539 Å². The Balaban J connectivity index is 1.07. The lowest BCUT2D eigenvalue weighted by molar-refractivity contribution is -0.368.